The predicted molar refractivity (Wildman–Crippen MR) is 45.7 cm³/mol. The monoisotopic (exact) mass is 148 g/mol. The highest BCUT2D eigenvalue weighted by atomic mass is 14.9. The molecule has 0 spiro atoms. The predicted octanol–water partition coefficient (Wildman–Crippen LogP) is 1.03. The van der Waals surface area contributed by atoms with E-state index in [2.05, 4.69) is 19.2 Å². The number of hydrogen-bond acceptors (Lipinski definition) is 2. The molecule has 1 aliphatic carbocycles. The fourth-order valence-corrected chi connectivity index (χ4v) is 1.71. The lowest BCUT2D eigenvalue weighted by Gasteiger charge is -2.05. The van der Waals surface area contributed by atoms with Crippen LogP contribution in [-0.4, -0.2) is 6.04 Å². The molecule has 0 bridgehead atoms. The van der Waals surface area contributed by atoms with Gasteiger partial charge >= 0.3 is 0 Å². The molecule has 2 nitrogen and oxygen atoms in total. The second kappa shape index (κ2) is 1.91. The summed E-state index contributed by atoms with van der Waals surface area (Å²) in [6.07, 6.45) is 4.07. The zero-order valence-electron chi connectivity index (χ0n) is 6.81. The van der Waals surface area contributed by atoms with E-state index in [9.17, 15) is 0 Å². The minimum absolute atomic E-state index is 0.433. The lowest BCUT2D eigenvalue weighted by atomic mass is 10.1. The van der Waals surface area contributed by atoms with E-state index in [1.54, 1.807) is 0 Å². The van der Waals surface area contributed by atoms with Crippen LogP contribution in [-0.2, 0) is 0 Å². The number of fused-ring (bicyclic) bond motifs is 1. The molecular weight excluding hydrogens is 136 g/mol. The molecule has 1 unspecified atom stereocenters. The fourth-order valence-electron chi connectivity index (χ4n) is 1.71. The zero-order valence-corrected chi connectivity index (χ0v) is 6.81. The second-order valence-electron chi connectivity index (χ2n) is 3.15. The number of rotatable bonds is 0. The molecule has 2 heteroatoms. The van der Waals surface area contributed by atoms with Gasteiger partial charge < -0.3 is 11.1 Å². The maximum Gasteiger partial charge on any atom is 0.0490 e. The summed E-state index contributed by atoms with van der Waals surface area (Å²) in [4.78, 5) is 0. The summed E-state index contributed by atoms with van der Waals surface area (Å²) in [5.41, 5.74) is 10.4. The third kappa shape index (κ3) is 0.788. The summed E-state index contributed by atoms with van der Waals surface area (Å²) in [6.45, 7) is 4.23. The number of hydrogen-bond donors (Lipinski definition) is 2. The molecule has 0 aromatic heterocycles. The first-order valence-corrected chi connectivity index (χ1v) is 3.85. The third-order valence-corrected chi connectivity index (χ3v) is 2.25. The van der Waals surface area contributed by atoms with Crippen LogP contribution in [0.1, 0.15) is 13.8 Å². The van der Waals surface area contributed by atoms with Crippen molar-refractivity contribution in [2.24, 2.45) is 5.73 Å². The Morgan fingerprint density at radius 1 is 1.45 bits per heavy atom. The lowest BCUT2D eigenvalue weighted by molar-refractivity contribution is 0.744. The average Bonchev–Trinajstić information content (AvgIpc) is 2.38. The molecule has 2 aliphatic rings. The highest BCUT2D eigenvalue weighted by molar-refractivity contribution is 5.58. The molecule has 0 fully saturated rings. The van der Waals surface area contributed by atoms with Crippen molar-refractivity contribution in [2.45, 2.75) is 19.9 Å². The Balaban J connectivity index is 2.49. The van der Waals surface area contributed by atoms with Crippen LogP contribution in [0, 0.1) is 0 Å². The van der Waals surface area contributed by atoms with Crippen LogP contribution < -0.4 is 11.1 Å². The van der Waals surface area contributed by atoms with Gasteiger partial charge in [-0.1, -0.05) is 0 Å². The summed E-state index contributed by atoms with van der Waals surface area (Å²) in [5, 5.41) is 3.35. The van der Waals surface area contributed by atoms with Gasteiger partial charge in [0.1, 0.15) is 0 Å². The molecule has 0 radical (unpaired) electrons. The Morgan fingerprint density at radius 2 is 2.18 bits per heavy atom. The van der Waals surface area contributed by atoms with Crippen LogP contribution in [0.2, 0.25) is 0 Å². The van der Waals surface area contributed by atoms with E-state index in [0.717, 1.165) is 5.70 Å². The van der Waals surface area contributed by atoms with E-state index >= 15 is 0 Å². The zero-order chi connectivity index (χ0) is 8.01. The Hall–Kier alpha value is -1.18. The SMILES string of the molecule is CC1=C2C=C(N)C=C2C(C)N1. The van der Waals surface area contributed by atoms with Crippen LogP contribution in [0.4, 0.5) is 0 Å². The average molecular weight is 148 g/mol. The van der Waals surface area contributed by atoms with E-state index in [4.69, 9.17) is 5.73 Å². The van der Waals surface area contributed by atoms with Gasteiger partial charge in [0.25, 0.3) is 0 Å². The van der Waals surface area contributed by atoms with Gasteiger partial charge in [0.05, 0.1) is 0 Å². The summed E-state index contributed by atoms with van der Waals surface area (Å²) in [5.74, 6) is 0. The van der Waals surface area contributed by atoms with E-state index in [1.165, 1.54) is 16.8 Å². The van der Waals surface area contributed by atoms with Crippen LogP contribution in [0.25, 0.3) is 0 Å². The van der Waals surface area contributed by atoms with Gasteiger partial charge in [-0.05, 0) is 31.6 Å². The molecule has 0 saturated heterocycles. The van der Waals surface area contributed by atoms with Crippen LogP contribution in [0.15, 0.2) is 34.7 Å². The highest BCUT2D eigenvalue weighted by Crippen LogP contribution is 2.31. The Labute approximate surface area is 66.5 Å². The number of nitrogens with one attached hydrogen (secondary N) is 1. The Kier molecular flexibility index (Phi) is 1.13. The second-order valence-corrected chi connectivity index (χ2v) is 3.15. The summed E-state index contributed by atoms with van der Waals surface area (Å²) in [7, 11) is 0. The Bertz CT molecular complexity index is 295. The maximum absolute atomic E-state index is 5.67. The molecular formula is C9H12N2. The molecule has 0 aromatic rings. The van der Waals surface area contributed by atoms with E-state index in [0.29, 0.717) is 6.04 Å². The minimum atomic E-state index is 0.433. The largest absolute Gasteiger partial charge is 0.399 e. The lowest BCUT2D eigenvalue weighted by Crippen LogP contribution is -2.18. The van der Waals surface area contributed by atoms with Crippen molar-refractivity contribution in [3.8, 4) is 0 Å². The van der Waals surface area contributed by atoms with Gasteiger partial charge in [0, 0.05) is 23.0 Å². The number of allylic oxidation sites excluding steroid dienone is 3. The molecule has 1 atom stereocenters. The molecule has 1 heterocycles. The van der Waals surface area contributed by atoms with Crippen molar-refractivity contribution in [1.29, 1.82) is 0 Å². The normalized spacial score (nSPS) is 28.0. The maximum atomic E-state index is 5.67. The minimum Gasteiger partial charge on any atom is -0.399 e. The van der Waals surface area contributed by atoms with E-state index < -0.39 is 0 Å². The van der Waals surface area contributed by atoms with Crippen LogP contribution >= 0.6 is 0 Å². The molecule has 11 heavy (non-hydrogen) atoms. The van der Waals surface area contributed by atoms with Gasteiger partial charge in [-0.25, -0.2) is 0 Å². The number of nitrogens with two attached hydrogens (primary N) is 1. The molecule has 0 aromatic carbocycles. The van der Waals surface area contributed by atoms with E-state index in [1.807, 2.05) is 12.2 Å². The van der Waals surface area contributed by atoms with Crippen molar-refractivity contribution in [2.75, 3.05) is 0 Å². The summed E-state index contributed by atoms with van der Waals surface area (Å²) >= 11 is 0. The molecule has 1 aliphatic heterocycles. The van der Waals surface area contributed by atoms with Gasteiger partial charge in [0.15, 0.2) is 0 Å². The van der Waals surface area contributed by atoms with Gasteiger partial charge in [-0.2, -0.15) is 0 Å². The molecule has 58 valence electrons. The third-order valence-electron chi connectivity index (χ3n) is 2.25. The van der Waals surface area contributed by atoms with Crippen molar-refractivity contribution < 1.29 is 0 Å². The topological polar surface area (TPSA) is 38.0 Å². The fraction of sp³-hybridized carbons (Fsp3) is 0.333. The Morgan fingerprint density at radius 3 is 2.82 bits per heavy atom. The standard InChI is InChI=1S/C9H12N2/c1-5-8-3-7(10)4-9(8)6(2)11-5/h3-5,11H,10H2,1-2H3. The van der Waals surface area contributed by atoms with Crippen molar-refractivity contribution in [3.05, 3.63) is 34.7 Å². The molecule has 0 saturated carbocycles. The summed E-state index contributed by atoms with van der Waals surface area (Å²) in [6, 6.07) is 0.433. The van der Waals surface area contributed by atoms with Crippen molar-refractivity contribution in [1.82, 2.24) is 5.32 Å². The molecule has 3 N–H and O–H groups in total. The first-order valence-electron chi connectivity index (χ1n) is 3.85. The molecule has 0 amide bonds. The van der Waals surface area contributed by atoms with Crippen LogP contribution in [0.5, 0.6) is 0 Å². The smallest absolute Gasteiger partial charge is 0.0490 e. The highest BCUT2D eigenvalue weighted by Gasteiger charge is 2.24. The van der Waals surface area contributed by atoms with Crippen molar-refractivity contribution in [3.63, 3.8) is 0 Å². The quantitative estimate of drug-likeness (QED) is 0.538. The van der Waals surface area contributed by atoms with Gasteiger partial charge in [-0.15, -0.1) is 0 Å². The first-order chi connectivity index (χ1) is 5.18. The molecule has 2 rings (SSSR count). The van der Waals surface area contributed by atoms with Crippen LogP contribution in [0.3, 0.4) is 0 Å². The van der Waals surface area contributed by atoms with Gasteiger partial charge in [-0.3, -0.25) is 0 Å². The summed E-state index contributed by atoms with van der Waals surface area (Å²) < 4.78 is 0. The first kappa shape index (κ1) is 6.53. The van der Waals surface area contributed by atoms with Gasteiger partial charge in [0.2, 0.25) is 0 Å². The van der Waals surface area contributed by atoms with Crippen molar-refractivity contribution >= 4 is 0 Å². The van der Waals surface area contributed by atoms with E-state index in [-0.39, 0.29) is 0 Å².